The summed E-state index contributed by atoms with van der Waals surface area (Å²) in [6.07, 6.45) is 1.60. The Morgan fingerprint density at radius 2 is 1.53 bits per heavy atom. The molecule has 0 spiro atoms. The fraction of sp³-hybridized carbons (Fsp3) is 0.400. The van der Waals surface area contributed by atoms with Crippen molar-refractivity contribution < 1.29 is 14.3 Å². The average molecular weight is 534 g/mol. The van der Waals surface area contributed by atoms with Gasteiger partial charge >= 0.3 is 0 Å². The predicted octanol–water partition coefficient (Wildman–Crippen LogP) is 5.12. The molecule has 0 atom stereocenters. The van der Waals surface area contributed by atoms with Crippen molar-refractivity contribution in [2.24, 2.45) is 0 Å². The van der Waals surface area contributed by atoms with Gasteiger partial charge in [-0.1, -0.05) is 80.3 Å². The van der Waals surface area contributed by atoms with E-state index in [0.717, 1.165) is 17.2 Å². The number of benzene rings is 2. The van der Waals surface area contributed by atoms with Crippen molar-refractivity contribution in [3.8, 4) is 0 Å². The molecule has 0 saturated heterocycles. The molecule has 0 fully saturated rings. The first-order valence-electron chi connectivity index (χ1n) is 13.1. The van der Waals surface area contributed by atoms with E-state index in [1.807, 2.05) is 74.5 Å². The number of carbonyl (C=O) groups excluding carboxylic acids is 2. The molecule has 1 aromatic heterocycles. The van der Waals surface area contributed by atoms with Crippen LogP contribution in [-0.2, 0) is 16.3 Å². The van der Waals surface area contributed by atoms with E-state index in [4.69, 9.17) is 4.74 Å². The van der Waals surface area contributed by atoms with Gasteiger partial charge in [0.25, 0.3) is 5.91 Å². The van der Waals surface area contributed by atoms with E-state index in [2.05, 4.69) is 24.7 Å². The molecular formula is C30H39N3O4Si. The molecule has 0 aliphatic carbocycles. The van der Waals surface area contributed by atoms with Crippen LogP contribution >= 0.6 is 0 Å². The van der Waals surface area contributed by atoms with Gasteiger partial charge in [-0.3, -0.25) is 14.4 Å². The highest BCUT2D eigenvalue weighted by molar-refractivity contribution is 6.76. The van der Waals surface area contributed by atoms with Crippen LogP contribution in [0.3, 0.4) is 0 Å². The molecule has 0 bridgehead atoms. The van der Waals surface area contributed by atoms with Gasteiger partial charge in [0.15, 0.2) is 11.5 Å². The second-order valence-electron chi connectivity index (χ2n) is 11.1. The van der Waals surface area contributed by atoms with E-state index in [1.165, 1.54) is 9.58 Å². The maximum atomic E-state index is 13.8. The highest BCUT2D eigenvalue weighted by Crippen LogP contribution is 2.26. The molecule has 8 heteroatoms. The average Bonchev–Trinajstić information content (AvgIpc) is 2.87. The Labute approximate surface area is 226 Å². The molecule has 0 aliphatic heterocycles. The van der Waals surface area contributed by atoms with Gasteiger partial charge in [-0.15, -0.1) is 0 Å². The summed E-state index contributed by atoms with van der Waals surface area (Å²) in [4.78, 5) is 41.8. The number of aromatic nitrogens is 2. The van der Waals surface area contributed by atoms with E-state index >= 15 is 0 Å². The molecule has 7 nitrogen and oxygen atoms in total. The summed E-state index contributed by atoms with van der Waals surface area (Å²) in [6, 6.07) is 19.8. The van der Waals surface area contributed by atoms with Crippen LogP contribution in [-0.4, -0.2) is 53.6 Å². The number of nitrogens with zero attached hydrogens (tertiary/aromatic N) is 3. The zero-order valence-corrected chi connectivity index (χ0v) is 24.3. The fourth-order valence-electron chi connectivity index (χ4n) is 4.15. The summed E-state index contributed by atoms with van der Waals surface area (Å²) in [5, 5.41) is 4.33. The van der Waals surface area contributed by atoms with E-state index in [9.17, 15) is 14.4 Å². The van der Waals surface area contributed by atoms with Crippen molar-refractivity contribution >= 4 is 19.8 Å². The Morgan fingerprint density at radius 3 is 2.03 bits per heavy atom. The molecule has 0 aliphatic rings. The highest BCUT2D eigenvalue weighted by Gasteiger charge is 2.30. The third-order valence-corrected chi connectivity index (χ3v) is 8.07. The molecular weight excluding hydrogens is 494 g/mol. The van der Waals surface area contributed by atoms with Crippen LogP contribution in [0.5, 0.6) is 0 Å². The molecule has 0 saturated carbocycles. The summed E-state index contributed by atoms with van der Waals surface area (Å²) >= 11 is 0. The van der Waals surface area contributed by atoms with E-state index < -0.39 is 25.3 Å². The maximum Gasteiger partial charge on any atom is 0.279 e. The number of Topliss-reactive ketones (excluding diaryl/α,β-unsaturated/α-hetero) is 1. The minimum atomic E-state index is -1.24. The van der Waals surface area contributed by atoms with Crippen molar-refractivity contribution in [3.63, 3.8) is 0 Å². The number of carbonyl (C=O) groups is 2. The second-order valence-corrected chi connectivity index (χ2v) is 16.7. The molecule has 3 aromatic rings. The van der Waals surface area contributed by atoms with E-state index in [1.54, 1.807) is 13.1 Å². The molecule has 0 N–H and O–H groups in total. The third-order valence-electron chi connectivity index (χ3n) is 6.37. The van der Waals surface area contributed by atoms with Crippen LogP contribution in [0.2, 0.25) is 25.7 Å². The maximum absolute atomic E-state index is 13.8. The van der Waals surface area contributed by atoms with Crippen LogP contribution in [0.4, 0.5) is 0 Å². The van der Waals surface area contributed by atoms with Crippen molar-refractivity contribution in [1.29, 1.82) is 0 Å². The lowest BCUT2D eigenvalue weighted by Crippen LogP contribution is -2.44. The quantitative estimate of drug-likeness (QED) is 0.239. The first kappa shape index (κ1) is 29.2. The Hall–Kier alpha value is -3.36. The van der Waals surface area contributed by atoms with Gasteiger partial charge in [0.2, 0.25) is 5.43 Å². The van der Waals surface area contributed by atoms with Gasteiger partial charge in [0, 0.05) is 32.5 Å². The number of ether oxygens (including phenoxy) is 1. The van der Waals surface area contributed by atoms with E-state index in [0.29, 0.717) is 12.2 Å². The Bertz CT molecular complexity index is 1240. The number of ketones is 1. The minimum absolute atomic E-state index is 0.132. The second kappa shape index (κ2) is 12.9. The number of rotatable bonds is 12. The Kier molecular flexibility index (Phi) is 9.94. The lowest BCUT2D eigenvalue weighted by molar-refractivity contribution is -0.120. The van der Waals surface area contributed by atoms with Crippen LogP contribution in [0.1, 0.15) is 46.9 Å². The van der Waals surface area contributed by atoms with Gasteiger partial charge in [-0.05, 0) is 37.9 Å². The normalized spacial score (nSPS) is 11.7. The van der Waals surface area contributed by atoms with Crippen LogP contribution in [0.25, 0.3) is 0 Å². The smallest absolute Gasteiger partial charge is 0.279 e. The predicted molar refractivity (Wildman–Crippen MR) is 153 cm³/mol. The van der Waals surface area contributed by atoms with E-state index in [-0.39, 0.29) is 30.8 Å². The zero-order chi connectivity index (χ0) is 27.9. The lowest BCUT2D eigenvalue weighted by atomic mass is 9.87. The summed E-state index contributed by atoms with van der Waals surface area (Å²) in [7, 11) is -1.24. The Balaban J connectivity index is 1.86. The first-order valence-corrected chi connectivity index (χ1v) is 16.8. The van der Waals surface area contributed by atoms with Crippen LogP contribution < -0.4 is 5.43 Å². The van der Waals surface area contributed by atoms with Crippen molar-refractivity contribution in [1.82, 2.24) is 14.7 Å². The number of amides is 1. The van der Waals surface area contributed by atoms with Gasteiger partial charge in [-0.25, -0.2) is 4.68 Å². The SMILES string of the molecule is Cc1cn(COCC[Si](C)(C)C)nc(C(=O)N(CC(=O)C(c2ccccc2)c2ccccc2)C(C)C)c1=O. The monoisotopic (exact) mass is 533 g/mol. The lowest BCUT2D eigenvalue weighted by Gasteiger charge is -2.28. The largest absolute Gasteiger partial charge is 0.360 e. The first-order chi connectivity index (χ1) is 18.0. The standard InChI is InChI=1S/C30H39N3O4Si/c1-22(2)33(20-26(34)27(24-13-9-7-10-14-24)25-15-11-8-12-16-25)30(36)28-29(35)23(3)19-32(31-28)21-37-17-18-38(4,5)6/h7-16,19,22,27H,17-18,20-21H2,1-6H3. The fourth-order valence-corrected chi connectivity index (χ4v) is 4.91. The molecule has 0 unspecified atom stereocenters. The molecule has 1 heterocycles. The minimum Gasteiger partial charge on any atom is -0.360 e. The Morgan fingerprint density at radius 1 is 0.974 bits per heavy atom. The van der Waals surface area contributed by atoms with Gasteiger partial charge < -0.3 is 9.64 Å². The molecule has 38 heavy (non-hydrogen) atoms. The number of hydrogen-bond donors (Lipinski definition) is 0. The van der Waals surface area contributed by atoms with Gasteiger partial charge in [0.1, 0.15) is 6.73 Å². The third kappa shape index (κ3) is 7.82. The van der Waals surface area contributed by atoms with Gasteiger partial charge in [-0.2, -0.15) is 5.10 Å². The summed E-state index contributed by atoms with van der Waals surface area (Å²) < 4.78 is 7.27. The molecule has 202 valence electrons. The van der Waals surface area contributed by atoms with Crippen molar-refractivity contribution in [2.75, 3.05) is 13.2 Å². The summed E-state index contributed by atoms with van der Waals surface area (Å²) in [6.45, 7) is 12.7. The van der Waals surface area contributed by atoms with Crippen LogP contribution in [0, 0.1) is 6.92 Å². The van der Waals surface area contributed by atoms with Crippen molar-refractivity contribution in [3.05, 3.63) is 99.5 Å². The molecule has 0 radical (unpaired) electrons. The van der Waals surface area contributed by atoms with Crippen molar-refractivity contribution in [2.45, 2.75) is 65.1 Å². The topological polar surface area (TPSA) is 81.5 Å². The number of aryl methyl sites for hydroxylation is 1. The number of hydrogen-bond acceptors (Lipinski definition) is 5. The highest BCUT2D eigenvalue weighted by atomic mass is 28.3. The summed E-state index contributed by atoms with van der Waals surface area (Å²) in [5.41, 5.74) is 1.47. The van der Waals surface area contributed by atoms with Gasteiger partial charge in [0.05, 0.1) is 12.5 Å². The molecule has 2 aromatic carbocycles. The zero-order valence-electron chi connectivity index (χ0n) is 23.3. The summed E-state index contributed by atoms with van der Waals surface area (Å²) in [5.74, 6) is -1.22. The molecule has 1 amide bonds. The van der Waals surface area contributed by atoms with Crippen LogP contribution in [0.15, 0.2) is 71.7 Å². The molecule has 3 rings (SSSR count).